The molecule has 0 bridgehead atoms. The smallest absolute Gasteiger partial charge is 0.268 e. The van der Waals surface area contributed by atoms with Crippen molar-refractivity contribution >= 4 is 15.8 Å². The highest BCUT2D eigenvalue weighted by Crippen LogP contribution is 2.38. The third-order valence-corrected chi connectivity index (χ3v) is 9.04. The van der Waals surface area contributed by atoms with E-state index in [0.717, 1.165) is 35.2 Å². The highest BCUT2D eigenvalue weighted by atomic mass is 32.2. The number of ether oxygens (including phenoxy) is 3. The maximum atomic E-state index is 15.6. The predicted octanol–water partition coefficient (Wildman–Crippen LogP) is 5.67. The van der Waals surface area contributed by atoms with Crippen LogP contribution in [0.25, 0.3) is 0 Å². The van der Waals surface area contributed by atoms with Crippen LogP contribution in [0, 0.1) is 11.6 Å². The van der Waals surface area contributed by atoms with Crippen LogP contribution in [0.4, 0.5) is 14.6 Å². The molecule has 4 aromatic rings. The highest BCUT2D eigenvalue weighted by molar-refractivity contribution is 7.92. The van der Waals surface area contributed by atoms with Crippen molar-refractivity contribution in [3.05, 3.63) is 96.2 Å². The lowest BCUT2D eigenvalue weighted by molar-refractivity contribution is 0.124. The minimum Gasteiger partial charge on any atom is -0.497 e. The largest absolute Gasteiger partial charge is 0.497 e. The summed E-state index contributed by atoms with van der Waals surface area (Å²) in [5, 5.41) is 0. The normalized spacial score (nSPS) is 17.0. The third kappa shape index (κ3) is 6.13. The summed E-state index contributed by atoms with van der Waals surface area (Å²) < 4.78 is 76.5. The van der Waals surface area contributed by atoms with Crippen LogP contribution in [0.3, 0.4) is 0 Å². The number of pyridine rings is 1. The van der Waals surface area contributed by atoms with Crippen LogP contribution in [0.5, 0.6) is 17.2 Å². The Labute approximate surface area is 243 Å². The van der Waals surface area contributed by atoms with E-state index < -0.39 is 32.7 Å². The molecule has 1 aliphatic carbocycles. The number of aromatic nitrogens is 3. The fraction of sp³-hybridized carbons (Fsp3) is 0.300. The topological polar surface area (TPSA) is 104 Å². The quantitative estimate of drug-likeness (QED) is 0.231. The van der Waals surface area contributed by atoms with E-state index in [9.17, 15) is 8.42 Å². The minimum atomic E-state index is -4.67. The Morgan fingerprint density at radius 2 is 1.76 bits per heavy atom. The van der Waals surface area contributed by atoms with Crippen LogP contribution < -0.4 is 18.5 Å². The Kier molecular flexibility index (Phi) is 8.81. The first-order valence-electron chi connectivity index (χ1n) is 13.4. The summed E-state index contributed by atoms with van der Waals surface area (Å²) in [4.78, 5) is 11.2. The first-order chi connectivity index (χ1) is 20.3. The molecule has 0 unspecified atom stereocenters. The fourth-order valence-corrected chi connectivity index (χ4v) is 6.61. The molecule has 42 heavy (non-hydrogen) atoms. The van der Waals surface area contributed by atoms with Gasteiger partial charge in [0.2, 0.25) is 0 Å². The summed E-state index contributed by atoms with van der Waals surface area (Å²) in [6, 6.07) is 11.4. The van der Waals surface area contributed by atoms with E-state index in [1.54, 1.807) is 30.6 Å². The number of benzene rings is 2. The van der Waals surface area contributed by atoms with Crippen LogP contribution in [-0.2, 0) is 16.6 Å². The summed E-state index contributed by atoms with van der Waals surface area (Å²) in [7, 11) is -1.75. The predicted molar refractivity (Wildman–Crippen MR) is 151 cm³/mol. The van der Waals surface area contributed by atoms with Gasteiger partial charge in [-0.15, -0.1) is 0 Å². The molecule has 0 amide bonds. The summed E-state index contributed by atoms with van der Waals surface area (Å²) in [6.45, 7) is -0.291. The Balaban J connectivity index is 1.48. The Bertz CT molecular complexity index is 1630. The molecule has 12 heteroatoms. The SMILES string of the molecule is COc1ccc(CN(c2ccncn2)S(=O)(=O)c2cc(F)c(O[C@H]3CCCC[C@@H]3c3cccnc3)cc2F)c(OC)c1. The van der Waals surface area contributed by atoms with Gasteiger partial charge in [-0.2, -0.15) is 0 Å². The van der Waals surface area contributed by atoms with E-state index in [4.69, 9.17) is 14.2 Å². The van der Waals surface area contributed by atoms with Crippen molar-refractivity contribution in [2.24, 2.45) is 0 Å². The number of anilines is 1. The number of halogens is 2. The van der Waals surface area contributed by atoms with Gasteiger partial charge in [-0.25, -0.2) is 31.5 Å². The van der Waals surface area contributed by atoms with Crippen molar-refractivity contribution in [3.8, 4) is 17.2 Å². The van der Waals surface area contributed by atoms with Crippen molar-refractivity contribution in [1.82, 2.24) is 15.0 Å². The van der Waals surface area contributed by atoms with Gasteiger partial charge in [0.25, 0.3) is 10.0 Å². The lowest BCUT2D eigenvalue weighted by atomic mass is 9.82. The standard InChI is InChI=1S/C30H30F2N4O5S/c1-39-22-10-9-21(27(14-22)40-2)18-36(30-11-13-34-19-35-30)42(37,38)29-16-24(31)28(15-25(29)32)41-26-8-4-3-7-23(26)20-6-5-12-33-17-20/h5-6,9-17,19,23,26H,3-4,7-8,18H2,1-2H3/t23-,26+/m1/s1. The first-order valence-corrected chi connectivity index (χ1v) is 14.8. The van der Waals surface area contributed by atoms with Gasteiger partial charge in [-0.05, 0) is 43.0 Å². The van der Waals surface area contributed by atoms with E-state index in [0.29, 0.717) is 29.5 Å². The van der Waals surface area contributed by atoms with E-state index >= 15 is 8.78 Å². The van der Waals surface area contributed by atoms with Crippen molar-refractivity contribution in [2.75, 3.05) is 18.5 Å². The average Bonchev–Trinajstić information content (AvgIpc) is 3.02. The molecule has 1 saturated carbocycles. The summed E-state index contributed by atoms with van der Waals surface area (Å²) in [5.41, 5.74) is 1.40. The molecule has 2 aromatic heterocycles. The average molecular weight is 597 g/mol. The number of sulfonamides is 1. The van der Waals surface area contributed by atoms with Crippen molar-refractivity contribution < 1.29 is 31.4 Å². The molecule has 0 N–H and O–H groups in total. The zero-order valence-corrected chi connectivity index (χ0v) is 23.9. The molecule has 9 nitrogen and oxygen atoms in total. The molecule has 1 aliphatic rings. The van der Waals surface area contributed by atoms with Gasteiger partial charge in [0, 0.05) is 54.3 Å². The molecular formula is C30H30F2N4O5S. The Hall–Kier alpha value is -4.32. The zero-order chi connectivity index (χ0) is 29.7. The maximum absolute atomic E-state index is 15.6. The number of rotatable bonds is 10. The van der Waals surface area contributed by atoms with Crippen LogP contribution in [-0.4, -0.2) is 43.7 Å². The van der Waals surface area contributed by atoms with E-state index in [-0.39, 0.29) is 24.0 Å². The lowest BCUT2D eigenvalue weighted by Crippen LogP contribution is -2.32. The van der Waals surface area contributed by atoms with E-state index in [1.807, 2.05) is 12.1 Å². The second-order valence-electron chi connectivity index (χ2n) is 9.80. The van der Waals surface area contributed by atoms with E-state index in [1.165, 1.54) is 32.8 Å². The number of methoxy groups -OCH3 is 2. The highest BCUT2D eigenvalue weighted by Gasteiger charge is 2.33. The first kappa shape index (κ1) is 29.2. The lowest BCUT2D eigenvalue weighted by Gasteiger charge is -2.32. The summed E-state index contributed by atoms with van der Waals surface area (Å²) >= 11 is 0. The monoisotopic (exact) mass is 596 g/mol. The zero-order valence-electron chi connectivity index (χ0n) is 23.1. The molecule has 5 rings (SSSR count). The van der Waals surface area contributed by atoms with Gasteiger partial charge in [0.15, 0.2) is 11.6 Å². The van der Waals surface area contributed by atoms with Gasteiger partial charge in [0.05, 0.1) is 20.8 Å². The van der Waals surface area contributed by atoms with Gasteiger partial charge in [0.1, 0.15) is 40.5 Å². The molecule has 2 aromatic carbocycles. The second kappa shape index (κ2) is 12.7. The Morgan fingerprint density at radius 1 is 0.929 bits per heavy atom. The van der Waals surface area contributed by atoms with Crippen molar-refractivity contribution in [1.29, 1.82) is 0 Å². The Morgan fingerprint density at radius 3 is 2.48 bits per heavy atom. The fourth-order valence-electron chi connectivity index (χ4n) is 5.15. The van der Waals surface area contributed by atoms with Gasteiger partial charge < -0.3 is 14.2 Å². The minimum absolute atomic E-state index is 0.0375. The van der Waals surface area contributed by atoms with E-state index in [2.05, 4.69) is 15.0 Å². The summed E-state index contributed by atoms with van der Waals surface area (Å²) in [5.74, 6) is -1.74. The number of hydrogen-bond acceptors (Lipinski definition) is 8. The van der Waals surface area contributed by atoms with Crippen LogP contribution in [0.1, 0.15) is 42.7 Å². The molecule has 2 atom stereocenters. The molecule has 0 spiro atoms. The number of hydrogen-bond donors (Lipinski definition) is 0. The molecule has 0 saturated heterocycles. The molecule has 220 valence electrons. The van der Waals surface area contributed by atoms with Crippen LogP contribution in [0.2, 0.25) is 0 Å². The van der Waals surface area contributed by atoms with Crippen molar-refractivity contribution in [2.45, 2.75) is 49.1 Å². The second-order valence-corrected chi connectivity index (χ2v) is 11.6. The molecular weight excluding hydrogens is 566 g/mol. The van der Waals surface area contributed by atoms with Crippen LogP contribution >= 0.6 is 0 Å². The molecule has 0 radical (unpaired) electrons. The molecule has 1 fully saturated rings. The van der Waals surface area contributed by atoms with Crippen molar-refractivity contribution in [3.63, 3.8) is 0 Å². The van der Waals surface area contributed by atoms with Gasteiger partial charge in [-0.1, -0.05) is 12.5 Å². The number of nitrogens with zero attached hydrogens (tertiary/aromatic N) is 4. The summed E-state index contributed by atoms with van der Waals surface area (Å²) in [6.07, 6.45) is 8.84. The van der Waals surface area contributed by atoms with Crippen LogP contribution in [0.15, 0.2) is 78.3 Å². The maximum Gasteiger partial charge on any atom is 0.268 e. The van der Waals surface area contributed by atoms with Gasteiger partial charge in [-0.3, -0.25) is 4.98 Å². The molecule has 0 aliphatic heterocycles. The van der Waals surface area contributed by atoms with Gasteiger partial charge >= 0.3 is 0 Å². The molecule has 2 heterocycles. The third-order valence-electron chi connectivity index (χ3n) is 7.28.